The minimum atomic E-state index is -0.497. The molecule has 0 saturated heterocycles. The van der Waals surface area contributed by atoms with Crippen molar-refractivity contribution in [1.29, 1.82) is 0 Å². The van der Waals surface area contributed by atoms with Crippen molar-refractivity contribution in [2.75, 3.05) is 0 Å². The molecule has 0 radical (unpaired) electrons. The number of nitrogens with one attached hydrogen (secondary N) is 1. The molecule has 0 bridgehead atoms. The average molecular weight is 250 g/mol. The zero-order valence-electron chi connectivity index (χ0n) is 9.98. The van der Waals surface area contributed by atoms with Crippen molar-refractivity contribution in [2.24, 2.45) is 0 Å². The Kier molecular flexibility index (Phi) is 3.02. The zero-order valence-corrected chi connectivity index (χ0v) is 10.8. The number of aromatic nitrogens is 1. The number of aryl methyl sites for hydroxylation is 1. The van der Waals surface area contributed by atoms with Gasteiger partial charge >= 0.3 is 0 Å². The summed E-state index contributed by atoms with van der Waals surface area (Å²) in [7, 11) is 0. The quantitative estimate of drug-likeness (QED) is 0.911. The maximum atomic E-state index is 11.9. The van der Waals surface area contributed by atoms with E-state index in [9.17, 15) is 4.79 Å². The highest BCUT2D eigenvalue weighted by Crippen LogP contribution is 2.24. The van der Waals surface area contributed by atoms with Gasteiger partial charge in [-0.15, -0.1) is 11.3 Å². The van der Waals surface area contributed by atoms with Gasteiger partial charge < -0.3 is 9.73 Å². The number of nitrogens with zero attached hydrogens (tertiary/aromatic N) is 1. The third-order valence-electron chi connectivity index (χ3n) is 2.32. The summed E-state index contributed by atoms with van der Waals surface area (Å²) in [5, 5.41) is 5.76. The number of carbonyl (C=O) groups is 1. The summed E-state index contributed by atoms with van der Waals surface area (Å²) in [5.41, 5.74) is 0.466. The van der Waals surface area contributed by atoms with Gasteiger partial charge in [0, 0.05) is 11.1 Å². The molecule has 2 aromatic rings. The monoisotopic (exact) mass is 250 g/mol. The zero-order chi connectivity index (χ0) is 12.5. The average Bonchev–Trinajstić information content (AvgIpc) is 2.86. The highest BCUT2D eigenvalue weighted by molar-refractivity contribution is 7.09. The second-order valence-corrected chi connectivity index (χ2v) is 5.21. The summed E-state index contributed by atoms with van der Waals surface area (Å²) in [5.74, 6) is 0.0826. The van der Waals surface area contributed by atoms with Gasteiger partial charge in [0.05, 0.1) is 11.8 Å². The molecule has 17 heavy (non-hydrogen) atoms. The lowest BCUT2D eigenvalue weighted by atomic mass is 10.1. The topological polar surface area (TPSA) is 55.1 Å². The van der Waals surface area contributed by atoms with Crippen LogP contribution in [0.5, 0.6) is 0 Å². The first kappa shape index (κ1) is 11.9. The van der Waals surface area contributed by atoms with E-state index in [1.165, 1.54) is 17.6 Å². The van der Waals surface area contributed by atoms with Gasteiger partial charge in [-0.25, -0.2) is 4.98 Å². The molecular formula is C12H14N2O2S. The predicted octanol–water partition coefficient (Wildman–Crippen LogP) is 2.71. The highest BCUT2D eigenvalue weighted by atomic mass is 32.1. The normalized spacial score (nSPS) is 11.5. The van der Waals surface area contributed by atoms with Crippen LogP contribution in [-0.2, 0) is 5.54 Å². The first-order chi connectivity index (χ1) is 7.99. The van der Waals surface area contributed by atoms with E-state index < -0.39 is 5.54 Å². The van der Waals surface area contributed by atoms with E-state index in [1.807, 2.05) is 26.2 Å². The Balaban J connectivity index is 2.15. The number of furan rings is 1. The molecule has 2 aromatic heterocycles. The van der Waals surface area contributed by atoms with Gasteiger partial charge in [-0.1, -0.05) is 0 Å². The molecule has 90 valence electrons. The van der Waals surface area contributed by atoms with Gasteiger partial charge in [0.15, 0.2) is 5.76 Å². The summed E-state index contributed by atoms with van der Waals surface area (Å²) in [4.78, 5) is 16.3. The van der Waals surface area contributed by atoms with E-state index in [0.717, 1.165) is 10.7 Å². The van der Waals surface area contributed by atoms with E-state index in [1.54, 1.807) is 12.1 Å². The second-order valence-electron chi connectivity index (χ2n) is 4.35. The van der Waals surface area contributed by atoms with Gasteiger partial charge in [0.1, 0.15) is 5.01 Å². The molecule has 0 atom stereocenters. The Morgan fingerprint density at radius 1 is 1.53 bits per heavy atom. The molecule has 0 aliphatic heterocycles. The Bertz CT molecular complexity index is 514. The summed E-state index contributed by atoms with van der Waals surface area (Å²) in [6, 6.07) is 3.33. The van der Waals surface area contributed by atoms with E-state index >= 15 is 0 Å². The molecule has 0 aliphatic rings. The van der Waals surface area contributed by atoms with Crippen LogP contribution in [0.15, 0.2) is 28.2 Å². The van der Waals surface area contributed by atoms with Crippen molar-refractivity contribution < 1.29 is 9.21 Å². The Morgan fingerprint density at radius 2 is 2.29 bits per heavy atom. The minimum Gasteiger partial charge on any atom is -0.459 e. The van der Waals surface area contributed by atoms with Crippen molar-refractivity contribution in [1.82, 2.24) is 10.3 Å². The first-order valence-electron chi connectivity index (χ1n) is 5.28. The van der Waals surface area contributed by atoms with Crippen molar-refractivity contribution in [3.8, 4) is 0 Å². The van der Waals surface area contributed by atoms with Gasteiger partial charge in [-0.05, 0) is 32.9 Å². The molecule has 0 unspecified atom stereocenters. The molecule has 5 heteroatoms. The van der Waals surface area contributed by atoms with Crippen LogP contribution in [0.3, 0.4) is 0 Å². The van der Waals surface area contributed by atoms with Gasteiger partial charge in [-0.3, -0.25) is 4.79 Å². The van der Waals surface area contributed by atoms with Crippen LogP contribution in [0.25, 0.3) is 0 Å². The standard InChI is InChI=1S/C12H14N2O2S/c1-8-7-17-11(13-8)12(2,3)14-10(15)9-5-4-6-16-9/h4-7H,1-3H3,(H,14,15). The third kappa shape index (κ3) is 2.55. The highest BCUT2D eigenvalue weighted by Gasteiger charge is 2.27. The number of amides is 1. The van der Waals surface area contributed by atoms with Crippen molar-refractivity contribution >= 4 is 17.2 Å². The number of hydrogen-bond acceptors (Lipinski definition) is 4. The van der Waals surface area contributed by atoms with E-state index in [4.69, 9.17) is 4.42 Å². The third-order valence-corrected chi connectivity index (χ3v) is 3.61. The second kappa shape index (κ2) is 4.33. The molecule has 0 fully saturated rings. The molecule has 2 rings (SSSR count). The minimum absolute atomic E-state index is 0.229. The largest absolute Gasteiger partial charge is 0.459 e. The molecular weight excluding hydrogens is 236 g/mol. The van der Waals surface area contributed by atoms with E-state index in [-0.39, 0.29) is 5.91 Å². The smallest absolute Gasteiger partial charge is 0.287 e. The molecule has 0 saturated carbocycles. The van der Waals surface area contributed by atoms with Crippen LogP contribution in [0.4, 0.5) is 0 Å². The molecule has 1 N–H and O–H groups in total. The predicted molar refractivity (Wildman–Crippen MR) is 66.1 cm³/mol. The SMILES string of the molecule is Cc1csc(C(C)(C)NC(=O)c2ccco2)n1. The van der Waals surface area contributed by atoms with Crippen LogP contribution >= 0.6 is 11.3 Å². The number of hydrogen-bond donors (Lipinski definition) is 1. The summed E-state index contributed by atoms with van der Waals surface area (Å²) in [6.45, 7) is 5.78. The lowest BCUT2D eigenvalue weighted by Gasteiger charge is -2.23. The number of rotatable bonds is 3. The van der Waals surface area contributed by atoms with Crippen molar-refractivity contribution in [2.45, 2.75) is 26.3 Å². The summed E-state index contributed by atoms with van der Waals surface area (Å²) in [6.07, 6.45) is 1.48. The van der Waals surface area contributed by atoms with E-state index in [2.05, 4.69) is 10.3 Å². The summed E-state index contributed by atoms with van der Waals surface area (Å²) < 4.78 is 5.05. The Morgan fingerprint density at radius 3 is 2.82 bits per heavy atom. The lowest BCUT2D eigenvalue weighted by molar-refractivity contribution is 0.0883. The fourth-order valence-electron chi connectivity index (χ4n) is 1.45. The molecule has 1 amide bonds. The molecule has 2 heterocycles. The number of carbonyl (C=O) groups excluding carboxylic acids is 1. The lowest BCUT2D eigenvalue weighted by Crippen LogP contribution is -2.40. The van der Waals surface area contributed by atoms with Crippen LogP contribution in [-0.4, -0.2) is 10.9 Å². The molecule has 0 aromatic carbocycles. The van der Waals surface area contributed by atoms with E-state index in [0.29, 0.717) is 5.76 Å². The van der Waals surface area contributed by atoms with Crippen LogP contribution in [0, 0.1) is 6.92 Å². The maximum absolute atomic E-state index is 11.9. The fraction of sp³-hybridized carbons (Fsp3) is 0.333. The Labute approximate surface area is 104 Å². The number of thiazole rings is 1. The van der Waals surface area contributed by atoms with Crippen LogP contribution < -0.4 is 5.32 Å². The Hall–Kier alpha value is -1.62. The molecule has 0 aliphatic carbocycles. The van der Waals surface area contributed by atoms with Crippen molar-refractivity contribution in [3.63, 3.8) is 0 Å². The first-order valence-corrected chi connectivity index (χ1v) is 6.15. The van der Waals surface area contributed by atoms with Gasteiger partial charge in [0.25, 0.3) is 5.91 Å². The van der Waals surface area contributed by atoms with Crippen LogP contribution in [0.1, 0.15) is 35.1 Å². The summed E-state index contributed by atoms with van der Waals surface area (Å²) >= 11 is 1.54. The van der Waals surface area contributed by atoms with Crippen molar-refractivity contribution in [3.05, 3.63) is 40.2 Å². The molecule has 0 spiro atoms. The fourth-order valence-corrected chi connectivity index (χ4v) is 2.32. The van der Waals surface area contributed by atoms with Crippen LogP contribution in [0.2, 0.25) is 0 Å². The molecule has 4 nitrogen and oxygen atoms in total. The van der Waals surface area contributed by atoms with Gasteiger partial charge in [-0.2, -0.15) is 0 Å². The van der Waals surface area contributed by atoms with Gasteiger partial charge in [0.2, 0.25) is 0 Å². The maximum Gasteiger partial charge on any atom is 0.287 e.